The fourth-order valence-electron chi connectivity index (χ4n) is 2.33. The summed E-state index contributed by atoms with van der Waals surface area (Å²) < 4.78 is 53.8. The number of benzene rings is 2. The van der Waals surface area contributed by atoms with Gasteiger partial charge in [-0.15, -0.1) is 0 Å². The van der Waals surface area contributed by atoms with Crippen LogP contribution >= 0.6 is 15.9 Å². The molecule has 0 unspecified atom stereocenters. The van der Waals surface area contributed by atoms with E-state index in [9.17, 15) is 22.0 Å². The highest BCUT2D eigenvalue weighted by atomic mass is 79.9. The van der Waals surface area contributed by atoms with Crippen LogP contribution in [0.4, 0.5) is 14.5 Å². The molecule has 2 rings (SSSR count). The summed E-state index contributed by atoms with van der Waals surface area (Å²) in [6.45, 7) is 3.98. The fraction of sp³-hybridized carbons (Fsp3) is 0.235. The van der Waals surface area contributed by atoms with Gasteiger partial charge in [0.15, 0.2) is 0 Å². The summed E-state index contributed by atoms with van der Waals surface area (Å²) >= 11 is 3.18. The van der Waals surface area contributed by atoms with Gasteiger partial charge in [-0.05, 0) is 46.3 Å². The maximum Gasteiger partial charge on any atom is 0.256 e. The van der Waals surface area contributed by atoms with E-state index < -0.39 is 27.6 Å². The molecule has 0 saturated heterocycles. The molecule has 9 heteroatoms. The van der Waals surface area contributed by atoms with Crippen molar-refractivity contribution in [2.24, 2.45) is 0 Å². The lowest BCUT2D eigenvalue weighted by molar-refractivity contribution is 0.102. The molecule has 1 N–H and O–H groups in total. The van der Waals surface area contributed by atoms with Crippen molar-refractivity contribution in [3.63, 3.8) is 0 Å². The van der Waals surface area contributed by atoms with E-state index in [4.69, 9.17) is 0 Å². The minimum atomic E-state index is -3.76. The smallest absolute Gasteiger partial charge is 0.256 e. The van der Waals surface area contributed by atoms with E-state index in [2.05, 4.69) is 21.2 Å². The third kappa shape index (κ3) is 4.28. The summed E-state index contributed by atoms with van der Waals surface area (Å²) in [5.74, 6) is -2.28. The van der Waals surface area contributed by atoms with Crippen LogP contribution < -0.4 is 5.32 Å². The fourth-order valence-corrected chi connectivity index (χ4v) is 4.25. The molecule has 0 bridgehead atoms. The molecule has 0 radical (unpaired) electrons. The molecule has 0 spiro atoms. The first-order valence-corrected chi connectivity index (χ1v) is 10.00. The summed E-state index contributed by atoms with van der Waals surface area (Å²) in [5.41, 5.74) is -0.346. The zero-order chi connectivity index (χ0) is 19.5. The van der Waals surface area contributed by atoms with Gasteiger partial charge in [-0.25, -0.2) is 17.2 Å². The number of nitrogens with one attached hydrogen (secondary N) is 1. The number of carbonyl (C=O) groups excluding carboxylic acids is 1. The maximum absolute atomic E-state index is 13.7. The highest BCUT2D eigenvalue weighted by molar-refractivity contribution is 9.10. The lowest BCUT2D eigenvalue weighted by Crippen LogP contribution is -2.30. The summed E-state index contributed by atoms with van der Waals surface area (Å²) in [5, 5.41) is 2.25. The second-order valence-corrected chi connectivity index (χ2v) is 8.10. The third-order valence-electron chi connectivity index (χ3n) is 3.70. The van der Waals surface area contributed by atoms with Crippen molar-refractivity contribution >= 4 is 37.5 Å². The van der Waals surface area contributed by atoms with Crippen molar-refractivity contribution in [1.29, 1.82) is 0 Å². The van der Waals surface area contributed by atoms with Gasteiger partial charge < -0.3 is 5.32 Å². The van der Waals surface area contributed by atoms with Crippen LogP contribution in [0.5, 0.6) is 0 Å². The summed E-state index contributed by atoms with van der Waals surface area (Å²) in [7, 11) is -3.76. The molecule has 5 nitrogen and oxygen atoms in total. The Balaban J connectivity index is 2.41. The van der Waals surface area contributed by atoms with Gasteiger partial charge in [-0.1, -0.05) is 13.8 Å². The number of rotatable bonds is 6. The summed E-state index contributed by atoms with van der Waals surface area (Å²) in [4.78, 5) is 12.4. The van der Waals surface area contributed by atoms with E-state index in [-0.39, 0.29) is 29.2 Å². The van der Waals surface area contributed by atoms with Crippen molar-refractivity contribution < 1.29 is 22.0 Å². The van der Waals surface area contributed by atoms with Crippen LogP contribution in [0.3, 0.4) is 0 Å². The largest absolute Gasteiger partial charge is 0.319 e. The standard InChI is InChI=1S/C17H17BrF2N2O3S/c1-3-22(4-2)26(24,25)12-6-7-14(18)13(10-12)17(23)21-16-9-11(19)5-8-15(16)20/h5-10H,3-4H2,1-2H3,(H,21,23). The van der Waals surface area contributed by atoms with E-state index in [1.807, 2.05) is 0 Å². The van der Waals surface area contributed by atoms with Crippen molar-refractivity contribution in [2.45, 2.75) is 18.7 Å². The van der Waals surface area contributed by atoms with Crippen molar-refractivity contribution in [2.75, 3.05) is 18.4 Å². The SMILES string of the molecule is CCN(CC)S(=O)(=O)c1ccc(Br)c(C(=O)Nc2cc(F)ccc2F)c1. The zero-order valence-electron chi connectivity index (χ0n) is 14.1. The number of sulfonamides is 1. The Morgan fingerprint density at radius 2 is 1.77 bits per heavy atom. The molecule has 0 aromatic heterocycles. The number of carbonyl (C=O) groups is 1. The van der Waals surface area contributed by atoms with Crippen LogP contribution in [0, 0.1) is 11.6 Å². The molecule has 0 saturated carbocycles. The van der Waals surface area contributed by atoms with Gasteiger partial charge >= 0.3 is 0 Å². The number of hydrogen-bond donors (Lipinski definition) is 1. The molecule has 1 amide bonds. The average Bonchev–Trinajstić information content (AvgIpc) is 2.59. The van der Waals surface area contributed by atoms with E-state index in [1.54, 1.807) is 13.8 Å². The summed E-state index contributed by atoms with van der Waals surface area (Å²) in [6, 6.07) is 6.66. The predicted octanol–water partition coefficient (Wildman–Crippen LogP) is 4.01. The second kappa shape index (κ2) is 8.24. The molecular weight excluding hydrogens is 430 g/mol. The van der Waals surface area contributed by atoms with Gasteiger partial charge in [0.25, 0.3) is 5.91 Å². The van der Waals surface area contributed by atoms with Crippen LogP contribution in [-0.4, -0.2) is 31.7 Å². The molecule has 2 aromatic rings. The van der Waals surface area contributed by atoms with Crippen LogP contribution in [0.1, 0.15) is 24.2 Å². The van der Waals surface area contributed by atoms with Crippen LogP contribution in [0.2, 0.25) is 0 Å². The molecule has 0 atom stereocenters. The van der Waals surface area contributed by atoms with Gasteiger partial charge in [-0.3, -0.25) is 4.79 Å². The minimum Gasteiger partial charge on any atom is -0.319 e. The first-order chi connectivity index (χ1) is 12.2. The number of nitrogens with zero attached hydrogens (tertiary/aromatic N) is 1. The monoisotopic (exact) mass is 446 g/mol. The van der Waals surface area contributed by atoms with Gasteiger partial charge in [0.05, 0.1) is 16.1 Å². The molecular formula is C17H17BrF2N2O3S. The lowest BCUT2D eigenvalue weighted by Gasteiger charge is -2.19. The molecule has 26 heavy (non-hydrogen) atoms. The Hall–Kier alpha value is -1.84. The number of amides is 1. The van der Waals surface area contributed by atoms with Crippen molar-refractivity contribution in [1.82, 2.24) is 4.31 Å². The van der Waals surface area contributed by atoms with E-state index in [0.29, 0.717) is 4.47 Å². The van der Waals surface area contributed by atoms with E-state index >= 15 is 0 Å². The van der Waals surface area contributed by atoms with E-state index in [1.165, 1.54) is 22.5 Å². The highest BCUT2D eigenvalue weighted by Gasteiger charge is 2.24. The van der Waals surface area contributed by atoms with E-state index in [0.717, 1.165) is 18.2 Å². The Morgan fingerprint density at radius 1 is 1.12 bits per heavy atom. The van der Waals surface area contributed by atoms with Gasteiger partial charge in [0.2, 0.25) is 10.0 Å². The Bertz CT molecular complexity index is 932. The van der Waals surface area contributed by atoms with Crippen molar-refractivity contribution in [3.8, 4) is 0 Å². The highest BCUT2D eigenvalue weighted by Crippen LogP contribution is 2.25. The molecule has 0 aliphatic heterocycles. The Labute approximate surface area is 159 Å². The van der Waals surface area contributed by atoms with Crippen LogP contribution in [0.25, 0.3) is 0 Å². The maximum atomic E-state index is 13.7. The normalized spacial score (nSPS) is 11.6. The average molecular weight is 447 g/mol. The first kappa shape index (κ1) is 20.5. The number of anilines is 1. The first-order valence-electron chi connectivity index (χ1n) is 7.76. The van der Waals surface area contributed by atoms with Crippen LogP contribution in [-0.2, 0) is 10.0 Å². The Morgan fingerprint density at radius 3 is 2.38 bits per heavy atom. The van der Waals surface area contributed by atoms with Gasteiger partial charge in [-0.2, -0.15) is 4.31 Å². The predicted molar refractivity (Wildman–Crippen MR) is 98.6 cm³/mol. The van der Waals surface area contributed by atoms with Gasteiger partial charge in [0, 0.05) is 23.6 Å². The zero-order valence-corrected chi connectivity index (χ0v) is 16.5. The molecule has 0 heterocycles. The molecule has 2 aromatic carbocycles. The summed E-state index contributed by atoms with van der Waals surface area (Å²) in [6.07, 6.45) is 0. The lowest BCUT2D eigenvalue weighted by atomic mass is 10.2. The van der Waals surface area contributed by atoms with Crippen LogP contribution in [0.15, 0.2) is 45.8 Å². The number of hydrogen-bond acceptors (Lipinski definition) is 3. The van der Waals surface area contributed by atoms with Gasteiger partial charge in [0.1, 0.15) is 11.6 Å². The second-order valence-electron chi connectivity index (χ2n) is 5.31. The topological polar surface area (TPSA) is 66.5 Å². The minimum absolute atomic E-state index is 0.0121. The number of halogens is 3. The third-order valence-corrected chi connectivity index (χ3v) is 6.44. The molecule has 0 aliphatic carbocycles. The molecule has 140 valence electrons. The molecule has 0 fully saturated rings. The van der Waals surface area contributed by atoms with Crippen molar-refractivity contribution in [3.05, 3.63) is 58.1 Å². The Kier molecular flexibility index (Phi) is 6.48. The quantitative estimate of drug-likeness (QED) is 0.728. The molecule has 0 aliphatic rings.